The van der Waals surface area contributed by atoms with Crippen molar-refractivity contribution in [1.82, 2.24) is 0 Å². The normalized spacial score (nSPS) is 14.5. The number of carbonyl (C=O) groups excluding carboxylic acids is 1. The highest BCUT2D eigenvalue weighted by atomic mass is 16.6. The molecule has 158 valence electrons. The van der Waals surface area contributed by atoms with Crippen LogP contribution in [0.1, 0.15) is 22.3 Å². The Balaban J connectivity index is 1.47. The van der Waals surface area contributed by atoms with E-state index in [0.717, 1.165) is 23.4 Å². The highest BCUT2D eigenvalue weighted by molar-refractivity contribution is 6.06. The minimum absolute atomic E-state index is 0.114. The molecule has 1 amide bonds. The van der Waals surface area contributed by atoms with Gasteiger partial charge in [0.1, 0.15) is 13.2 Å². The number of nitrogens with zero attached hydrogens (tertiary/aromatic N) is 1. The molecule has 0 fully saturated rings. The average molecular weight is 417 g/mol. The molecule has 3 aromatic rings. The maximum atomic E-state index is 13.6. The highest BCUT2D eigenvalue weighted by Crippen LogP contribution is 2.33. The first kappa shape index (κ1) is 19.3. The number of anilines is 1. The maximum absolute atomic E-state index is 13.6. The van der Waals surface area contributed by atoms with Gasteiger partial charge in [-0.15, -0.1) is 0 Å². The summed E-state index contributed by atoms with van der Waals surface area (Å²) in [6.07, 6.45) is 0.818. The summed E-state index contributed by atoms with van der Waals surface area (Å²) in [6.45, 7) is 2.65. The van der Waals surface area contributed by atoms with E-state index < -0.39 is 0 Å². The van der Waals surface area contributed by atoms with Gasteiger partial charge in [-0.1, -0.05) is 24.3 Å². The molecule has 0 saturated carbocycles. The molecule has 0 bridgehead atoms. The lowest BCUT2D eigenvalue weighted by Gasteiger charge is -2.25. The molecule has 0 unspecified atom stereocenters. The predicted octanol–water partition coefficient (Wildman–Crippen LogP) is 4.47. The minimum Gasteiger partial charge on any atom is -0.490 e. The van der Waals surface area contributed by atoms with Gasteiger partial charge in [-0.3, -0.25) is 4.79 Å². The average Bonchev–Trinajstić information content (AvgIpc) is 3.07. The number of benzene rings is 3. The second-order valence-electron chi connectivity index (χ2n) is 7.42. The SMILES string of the molecule is O=C(c1ccc2c(c1)OCCCO2)N(Cc1ccc2c(c1)OCCO2)c1ccccc1. The molecule has 6 nitrogen and oxygen atoms in total. The van der Waals surface area contributed by atoms with E-state index in [1.54, 1.807) is 23.1 Å². The van der Waals surface area contributed by atoms with Crippen molar-refractivity contribution in [2.75, 3.05) is 31.3 Å². The second-order valence-corrected chi connectivity index (χ2v) is 7.42. The molecule has 0 N–H and O–H groups in total. The van der Waals surface area contributed by atoms with Crippen LogP contribution in [-0.2, 0) is 6.54 Å². The van der Waals surface area contributed by atoms with Gasteiger partial charge in [0.2, 0.25) is 0 Å². The van der Waals surface area contributed by atoms with E-state index >= 15 is 0 Å². The van der Waals surface area contributed by atoms with Crippen LogP contribution in [0.5, 0.6) is 23.0 Å². The lowest BCUT2D eigenvalue weighted by Crippen LogP contribution is -2.30. The number of fused-ring (bicyclic) bond motifs is 2. The van der Waals surface area contributed by atoms with Crippen LogP contribution >= 0.6 is 0 Å². The predicted molar refractivity (Wildman–Crippen MR) is 116 cm³/mol. The van der Waals surface area contributed by atoms with Crippen molar-refractivity contribution in [2.45, 2.75) is 13.0 Å². The Labute approximate surface area is 180 Å². The third-order valence-corrected chi connectivity index (χ3v) is 5.25. The van der Waals surface area contributed by atoms with Gasteiger partial charge in [0.25, 0.3) is 5.91 Å². The summed E-state index contributed by atoms with van der Waals surface area (Å²) in [6, 6.07) is 20.8. The van der Waals surface area contributed by atoms with Gasteiger partial charge in [0.15, 0.2) is 23.0 Å². The van der Waals surface area contributed by atoms with Crippen LogP contribution in [0.15, 0.2) is 66.7 Å². The van der Waals surface area contributed by atoms with Crippen LogP contribution in [0.4, 0.5) is 5.69 Å². The number of hydrogen-bond acceptors (Lipinski definition) is 5. The molecule has 0 aliphatic carbocycles. The number of rotatable bonds is 4. The van der Waals surface area contributed by atoms with Gasteiger partial charge in [-0.25, -0.2) is 0 Å². The van der Waals surface area contributed by atoms with Gasteiger partial charge < -0.3 is 23.8 Å². The third-order valence-electron chi connectivity index (χ3n) is 5.25. The van der Waals surface area contributed by atoms with Crippen LogP contribution < -0.4 is 23.8 Å². The summed E-state index contributed by atoms with van der Waals surface area (Å²) in [5.74, 6) is 2.61. The molecular weight excluding hydrogens is 394 g/mol. The highest BCUT2D eigenvalue weighted by Gasteiger charge is 2.22. The molecule has 5 rings (SSSR count). The summed E-state index contributed by atoms with van der Waals surface area (Å²) in [7, 11) is 0. The first-order valence-electron chi connectivity index (χ1n) is 10.4. The number of ether oxygens (including phenoxy) is 4. The molecule has 0 aromatic heterocycles. The van der Waals surface area contributed by atoms with E-state index in [-0.39, 0.29) is 5.91 Å². The van der Waals surface area contributed by atoms with Gasteiger partial charge in [-0.05, 0) is 48.0 Å². The fourth-order valence-electron chi connectivity index (χ4n) is 3.71. The summed E-state index contributed by atoms with van der Waals surface area (Å²) in [5, 5.41) is 0. The van der Waals surface area contributed by atoms with Crippen molar-refractivity contribution in [2.24, 2.45) is 0 Å². The number of amides is 1. The molecule has 31 heavy (non-hydrogen) atoms. The fraction of sp³-hybridized carbons (Fsp3) is 0.240. The quantitative estimate of drug-likeness (QED) is 0.627. The molecule has 2 aliphatic heterocycles. The van der Waals surface area contributed by atoms with Gasteiger partial charge in [0.05, 0.1) is 19.8 Å². The molecule has 2 aliphatic rings. The molecule has 0 atom stereocenters. The van der Waals surface area contributed by atoms with Crippen molar-refractivity contribution in [3.8, 4) is 23.0 Å². The van der Waals surface area contributed by atoms with E-state index in [1.807, 2.05) is 48.5 Å². The summed E-state index contributed by atoms with van der Waals surface area (Å²) in [5.41, 5.74) is 2.32. The first-order chi connectivity index (χ1) is 15.3. The first-order valence-corrected chi connectivity index (χ1v) is 10.4. The number of hydrogen-bond donors (Lipinski definition) is 0. The second kappa shape index (κ2) is 8.60. The standard InChI is InChI=1S/C25H23NO5/c27-25(19-8-10-22-24(16-19)29-12-4-11-28-22)26(20-5-2-1-3-6-20)17-18-7-9-21-23(15-18)31-14-13-30-21/h1-3,5-10,15-16H,4,11-14,17H2. The van der Waals surface area contributed by atoms with Crippen LogP contribution in [0.2, 0.25) is 0 Å². The molecule has 6 heteroatoms. The van der Waals surface area contributed by atoms with Crippen molar-refractivity contribution >= 4 is 11.6 Å². The monoisotopic (exact) mass is 417 g/mol. The zero-order chi connectivity index (χ0) is 21.0. The van der Waals surface area contributed by atoms with Crippen molar-refractivity contribution in [3.05, 3.63) is 77.9 Å². The molecular formula is C25H23NO5. The molecule has 0 spiro atoms. The third kappa shape index (κ3) is 4.14. The Morgan fingerprint density at radius 3 is 2.16 bits per heavy atom. The van der Waals surface area contributed by atoms with E-state index in [4.69, 9.17) is 18.9 Å². The van der Waals surface area contributed by atoms with E-state index in [9.17, 15) is 4.79 Å². The summed E-state index contributed by atoms with van der Waals surface area (Å²) < 4.78 is 22.8. The largest absolute Gasteiger partial charge is 0.490 e. The fourth-order valence-corrected chi connectivity index (χ4v) is 3.71. The van der Waals surface area contributed by atoms with Gasteiger partial charge >= 0.3 is 0 Å². The zero-order valence-corrected chi connectivity index (χ0v) is 17.1. The summed E-state index contributed by atoms with van der Waals surface area (Å²) >= 11 is 0. The van der Waals surface area contributed by atoms with E-state index in [0.29, 0.717) is 55.8 Å². The smallest absolute Gasteiger partial charge is 0.258 e. The summed E-state index contributed by atoms with van der Waals surface area (Å²) in [4.78, 5) is 15.3. The van der Waals surface area contributed by atoms with E-state index in [2.05, 4.69) is 0 Å². The Bertz CT molecular complexity index is 1080. The topological polar surface area (TPSA) is 57.2 Å². The van der Waals surface area contributed by atoms with Crippen LogP contribution in [-0.4, -0.2) is 32.3 Å². The zero-order valence-electron chi connectivity index (χ0n) is 17.1. The Hall–Kier alpha value is -3.67. The lowest BCUT2D eigenvalue weighted by molar-refractivity contribution is 0.0984. The van der Waals surface area contributed by atoms with Crippen LogP contribution in [0.3, 0.4) is 0 Å². The number of carbonyl (C=O) groups is 1. The van der Waals surface area contributed by atoms with Crippen LogP contribution in [0.25, 0.3) is 0 Å². The molecule has 0 radical (unpaired) electrons. The maximum Gasteiger partial charge on any atom is 0.258 e. The van der Waals surface area contributed by atoms with Crippen molar-refractivity contribution in [1.29, 1.82) is 0 Å². The van der Waals surface area contributed by atoms with Gasteiger partial charge in [0, 0.05) is 17.7 Å². The van der Waals surface area contributed by atoms with Crippen molar-refractivity contribution in [3.63, 3.8) is 0 Å². The lowest BCUT2D eigenvalue weighted by atomic mass is 10.1. The minimum atomic E-state index is -0.114. The Morgan fingerprint density at radius 2 is 1.35 bits per heavy atom. The molecule has 2 heterocycles. The van der Waals surface area contributed by atoms with Crippen LogP contribution in [0, 0.1) is 0 Å². The van der Waals surface area contributed by atoms with Crippen molar-refractivity contribution < 1.29 is 23.7 Å². The Morgan fingerprint density at radius 1 is 0.710 bits per heavy atom. The molecule has 0 saturated heterocycles. The van der Waals surface area contributed by atoms with E-state index in [1.165, 1.54) is 0 Å². The Kier molecular flexibility index (Phi) is 5.35. The van der Waals surface area contributed by atoms with Gasteiger partial charge in [-0.2, -0.15) is 0 Å². The molecule has 3 aromatic carbocycles. The number of para-hydroxylation sites is 1.